The molecule has 0 bridgehead atoms. The van der Waals surface area contributed by atoms with E-state index in [2.05, 4.69) is 5.32 Å². The Morgan fingerprint density at radius 3 is 2.55 bits per heavy atom. The van der Waals surface area contributed by atoms with Crippen molar-refractivity contribution in [2.24, 2.45) is 0 Å². The van der Waals surface area contributed by atoms with Gasteiger partial charge >= 0.3 is 0 Å². The standard InChI is InChI=1S/C16H17FN2O/c1-11-2-4-12(5-3-11)9-19-10-16(20)13-6-7-14(17)15(18)8-13/h2-8,19H,9-10,18H2,1H3. The molecule has 0 saturated carbocycles. The Bertz CT molecular complexity index is 608. The largest absolute Gasteiger partial charge is 0.396 e. The maximum atomic E-state index is 13.0. The van der Waals surface area contributed by atoms with Crippen molar-refractivity contribution in [3.63, 3.8) is 0 Å². The van der Waals surface area contributed by atoms with Crippen LogP contribution in [0, 0.1) is 12.7 Å². The average molecular weight is 272 g/mol. The van der Waals surface area contributed by atoms with Crippen LogP contribution in [-0.2, 0) is 6.54 Å². The highest BCUT2D eigenvalue weighted by Crippen LogP contribution is 2.12. The van der Waals surface area contributed by atoms with Crippen molar-refractivity contribution in [2.75, 3.05) is 12.3 Å². The number of anilines is 1. The Morgan fingerprint density at radius 2 is 1.90 bits per heavy atom. The van der Waals surface area contributed by atoms with E-state index < -0.39 is 5.82 Å². The zero-order valence-corrected chi connectivity index (χ0v) is 11.3. The number of rotatable bonds is 5. The predicted molar refractivity (Wildman–Crippen MR) is 78.0 cm³/mol. The van der Waals surface area contributed by atoms with Gasteiger partial charge in [-0.05, 0) is 30.7 Å². The SMILES string of the molecule is Cc1ccc(CNCC(=O)c2ccc(F)c(N)c2)cc1. The van der Waals surface area contributed by atoms with E-state index >= 15 is 0 Å². The van der Waals surface area contributed by atoms with Crippen molar-refractivity contribution >= 4 is 11.5 Å². The molecule has 0 aliphatic heterocycles. The highest BCUT2D eigenvalue weighted by molar-refractivity contribution is 5.98. The van der Waals surface area contributed by atoms with Crippen molar-refractivity contribution in [2.45, 2.75) is 13.5 Å². The van der Waals surface area contributed by atoms with Gasteiger partial charge in [-0.3, -0.25) is 4.79 Å². The lowest BCUT2D eigenvalue weighted by atomic mass is 10.1. The van der Waals surface area contributed by atoms with E-state index in [-0.39, 0.29) is 18.0 Å². The number of hydrogen-bond donors (Lipinski definition) is 2. The topological polar surface area (TPSA) is 55.1 Å². The van der Waals surface area contributed by atoms with E-state index in [0.717, 1.165) is 5.56 Å². The van der Waals surface area contributed by atoms with Crippen molar-refractivity contribution in [1.29, 1.82) is 0 Å². The quantitative estimate of drug-likeness (QED) is 0.650. The van der Waals surface area contributed by atoms with Crippen LogP contribution in [0.15, 0.2) is 42.5 Å². The van der Waals surface area contributed by atoms with E-state index in [4.69, 9.17) is 5.73 Å². The summed E-state index contributed by atoms with van der Waals surface area (Å²) >= 11 is 0. The monoisotopic (exact) mass is 272 g/mol. The van der Waals surface area contributed by atoms with Gasteiger partial charge in [0.05, 0.1) is 12.2 Å². The molecule has 0 spiro atoms. The van der Waals surface area contributed by atoms with Gasteiger partial charge in [0.1, 0.15) is 5.82 Å². The molecule has 2 rings (SSSR count). The normalized spacial score (nSPS) is 10.5. The van der Waals surface area contributed by atoms with E-state index in [1.165, 1.54) is 23.8 Å². The molecule has 0 heterocycles. The van der Waals surface area contributed by atoms with Crippen LogP contribution in [0.1, 0.15) is 21.5 Å². The summed E-state index contributed by atoms with van der Waals surface area (Å²) in [5.74, 6) is -0.613. The highest BCUT2D eigenvalue weighted by Gasteiger charge is 2.07. The fourth-order valence-electron chi connectivity index (χ4n) is 1.85. The van der Waals surface area contributed by atoms with Gasteiger partial charge in [0.2, 0.25) is 0 Å². The molecule has 20 heavy (non-hydrogen) atoms. The molecule has 0 aromatic heterocycles. The third-order valence-electron chi connectivity index (χ3n) is 3.05. The lowest BCUT2D eigenvalue weighted by molar-refractivity contribution is 0.0991. The summed E-state index contributed by atoms with van der Waals surface area (Å²) in [6, 6.07) is 12.1. The fourth-order valence-corrected chi connectivity index (χ4v) is 1.85. The van der Waals surface area contributed by atoms with Crippen LogP contribution in [0.25, 0.3) is 0 Å². The summed E-state index contributed by atoms with van der Waals surface area (Å²) < 4.78 is 13.0. The number of hydrogen-bond acceptors (Lipinski definition) is 3. The number of ketones is 1. The van der Waals surface area contributed by atoms with Gasteiger partial charge in [-0.1, -0.05) is 29.8 Å². The van der Waals surface area contributed by atoms with Crippen molar-refractivity contribution in [3.05, 3.63) is 65.0 Å². The summed E-state index contributed by atoms with van der Waals surface area (Å²) in [5, 5.41) is 3.07. The lowest BCUT2D eigenvalue weighted by Crippen LogP contribution is -2.22. The molecule has 2 aromatic rings. The van der Waals surface area contributed by atoms with Gasteiger partial charge in [-0.15, -0.1) is 0 Å². The van der Waals surface area contributed by atoms with Gasteiger partial charge in [0.15, 0.2) is 5.78 Å². The Hall–Kier alpha value is -2.20. The number of nitrogens with one attached hydrogen (secondary N) is 1. The number of benzene rings is 2. The first-order valence-corrected chi connectivity index (χ1v) is 6.41. The number of aryl methyl sites for hydroxylation is 1. The molecule has 0 fully saturated rings. The van der Waals surface area contributed by atoms with Crippen LogP contribution in [0.4, 0.5) is 10.1 Å². The lowest BCUT2D eigenvalue weighted by Gasteiger charge is -2.06. The molecular formula is C16H17FN2O. The summed E-state index contributed by atoms with van der Waals surface area (Å²) in [5.41, 5.74) is 8.17. The molecule has 0 radical (unpaired) electrons. The molecule has 0 unspecified atom stereocenters. The Labute approximate surface area is 117 Å². The van der Waals surface area contributed by atoms with E-state index in [1.54, 1.807) is 0 Å². The van der Waals surface area contributed by atoms with E-state index in [1.807, 2.05) is 31.2 Å². The van der Waals surface area contributed by atoms with Crippen LogP contribution >= 0.6 is 0 Å². The molecule has 3 N–H and O–H groups in total. The number of nitrogen functional groups attached to an aromatic ring is 1. The third kappa shape index (κ3) is 3.65. The Kier molecular flexibility index (Phi) is 4.48. The summed E-state index contributed by atoms with van der Waals surface area (Å²) in [6.45, 7) is 2.83. The molecule has 104 valence electrons. The fraction of sp³-hybridized carbons (Fsp3) is 0.188. The second-order valence-corrected chi connectivity index (χ2v) is 4.75. The summed E-state index contributed by atoms with van der Waals surface area (Å²) in [6.07, 6.45) is 0. The molecule has 2 aromatic carbocycles. The van der Waals surface area contributed by atoms with Crippen LogP contribution in [0.3, 0.4) is 0 Å². The van der Waals surface area contributed by atoms with Crippen LogP contribution in [-0.4, -0.2) is 12.3 Å². The van der Waals surface area contributed by atoms with E-state index in [0.29, 0.717) is 12.1 Å². The van der Waals surface area contributed by atoms with Gasteiger partial charge in [-0.2, -0.15) is 0 Å². The first-order chi connectivity index (χ1) is 9.56. The zero-order chi connectivity index (χ0) is 14.5. The molecule has 3 nitrogen and oxygen atoms in total. The maximum Gasteiger partial charge on any atom is 0.176 e. The minimum Gasteiger partial charge on any atom is -0.396 e. The third-order valence-corrected chi connectivity index (χ3v) is 3.05. The van der Waals surface area contributed by atoms with E-state index in [9.17, 15) is 9.18 Å². The van der Waals surface area contributed by atoms with Gasteiger partial charge in [-0.25, -0.2) is 4.39 Å². The summed E-state index contributed by atoms with van der Waals surface area (Å²) in [4.78, 5) is 11.9. The number of carbonyl (C=O) groups excluding carboxylic acids is 1. The summed E-state index contributed by atoms with van der Waals surface area (Å²) in [7, 11) is 0. The maximum absolute atomic E-state index is 13.0. The number of halogens is 1. The number of carbonyl (C=O) groups is 1. The molecule has 0 saturated heterocycles. The first kappa shape index (κ1) is 14.2. The zero-order valence-electron chi connectivity index (χ0n) is 11.3. The minimum atomic E-state index is -0.505. The van der Waals surface area contributed by atoms with Crippen LogP contribution in [0.5, 0.6) is 0 Å². The molecule has 0 aliphatic carbocycles. The minimum absolute atomic E-state index is 0.00520. The molecular weight excluding hydrogens is 255 g/mol. The molecule has 4 heteroatoms. The second-order valence-electron chi connectivity index (χ2n) is 4.75. The van der Waals surface area contributed by atoms with Crippen LogP contribution < -0.4 is 11.1 Å². The van der Waals surface area contributed by atoms with Gasteiger partial charge < -0.3 is 11.1 Å². The molecule has 0 amide bonds. The second kappa shape index (κ2) is 6.30. The Morgan fingerprint density at radius 1 is 1.20 bits per heavy atom. The van der Waals surface area contributed by atoms with Gasteiger partial charge in [0, 0.05) is 12.1 Å². The number of nitrogens with two attached hydrogens (primary N) is 1. The predicted octanol–water partition coefficient (Wildman–Crippen LogP) is 2.69. The smallest absolute Gasteiger partial charge is 0.176 e. The van der Waals surface area contributed by atoms with Crippen molar-refractivity contribution < 1.29 is 9.18 Å². The Balaban J connectivity index is 1.88. The number of Topliss-reactive ketones (excluding diaryl/α,β-unsaturated/α-hetero) is 1. The van der Waals surface area contributed by atoms with Crippen molar-refractivity contribution in [1.82, 2.24) is 5.32 Å². The molecule has 0 atom stereocenters. The average Bonchev–Trinajstić information content (AvgIpc) is 2.44. The molecule has 0 aliphatic rings. The van der Waals surface area contributed by atoms with Gasteiger partial charge in [0.25, 0.3) is 0 Å². The first-order valence-electron chi connectivity index (χ1n) is 6.41. The van der Waals surface area contributed by atoms with Crippen molar-refractivity contribution in [3.8, 4) is 0 Å². The highest BCUT2D eigenvalue weighted by atomic mass is 19.1. The van der Waals surface area contributed by atoms with Crippen LogP contribution in [0.2, 0.25) is 0 Å².